The summed E-state index contributed by atoms with van der Waals surface area (Å²) in [5.74, 6) is 0.774. The molecule has 0 aliphatic carbocycles. The molecule has 9 heteroatoms. The van der Waals surface area contributed by atoms with Crippen molar-refractivity contribution < 1.29 is 14.3 Å². The molecular formula is C20H28N6O3. The quantitative estimate of drug-likeness (QED) is 0.430. The Morgan fingerprint density at radius 2 is 1.93 bits per heavy atom. The second-order valence-electron chi connectivity index (χ2n) is 6.64. The maximum atomic E-state index is 11.7. The predicted octanol–water partition coefficient (Wildman–Crippen LogP) is 2.11. The highest BCUT2D eigenvalue weighted by Crippen LogP contribution is 2.26. The second kappa shape index (κ2) is 10.6. The number of ether oxygens (including phenoxy) is 2. The van der Waals surface area contributed by atoms with Gasteiger partial charge < -0.3 is 25.8 Å². The number of anilines is 4. The maximum absolute atomic E-state index is 11.7. The Hall–Kier alpha value is -2.91. The molecule has 29 heavy (non-hydrogen) atoms. The minimum absolute atomic E-state index is 0.343. The lowest BCUT2D eigenvalue weighted by atomic mass is 10.2. The molecule has 0 bridgehead atoms. The highest BCUT2D eigenvalue weighted by molar-refractivity contribution is 5.90. The maximum Gasteiger partial charge on any atom is 0.338 e. The van der Waals surface area contributed by atoms with E-state index in [4.69, 9.17) is 15.2 Å². The van der Waals surface area contributed by atoms with E-state index in [1.165, 1.54) is 6.33 Å². The van der Waals surface area contributed by atoms with Gasteiger partial charge in [0, 0.05) is 25.3 Å². The van der Waals surface area contributed by atoms with Crippen molar-refractivity contribution in [3.05, 3.63) is 36.2 Å². The van der Waals surface area contributed by atoms with Crippen LogP contribution in [0.5, 0.6) is 0 Å². The van der Waals surface area contributed by atoms with Gasteiger partial charge in [0.15, 0.2) is 11.6 Å². The molecule has 0 radical (unpaired) electrons. The predicted molar refractivity (Wildman–Crippen MR) is 112 cm³/mol. The fourth-order valence-electron chi connectivity index (χ4n) is 3.01. The van der Waals surface area contributed by atoms with Crippen LogP contribution in [-0.4, -0.2) is 66.8 Å². The zero-order valence-electron chi connectivity index (χ0n) is 16.7. The fourth-order valence-corrected chi connectivity index (χ4v) is 3.01. The number of benzene rings is 1. The van der Waals surface area contributed by atoms with E-state index in [0.29, 0.717) is 29.5 Å². The third kappa shape index (κ3) is 6.03. The van der Waals surface area contributed by atoms with E-state index in [1.807, 2.05) is 0 Å². The number of esters is 1. The highest BCUT2D eigenvalue weighted by Gasteiger charge is 2.11. The van der Waals surface area contributed by atoms with E-state index in [0.717, 1.165) is 51.5 Å². The van der Waals surface area contributed by atoms with E-state index in [1.54, 1.807) is 31.2 Å². The summed E-state index contributed by atoms with van der Waals surface area (Å²) in [6.45, 7) is 7.49. The number of hydrogen-bond acceptors (Lipinski definition) is 9. The van der Waals surface area contributed by atoms with E-state index < -0.39 is 0 Å². The minimum Gasteiger partial charge on any atom is -0.462 e. The normalized spacial score (nSPS) is 14.4. The molecule has 0 amide bonds. The number of hydrogen-bond donors (Lipinski definition) is 3. The van der Waals surface area contributed by atoms with Crippen LogP contribution < -0.4 is 16.4 Å². The van der Waals surface area contributed by atoms with Crippen LogP contribution in [0.15, 0.2) is 30.6 Å². The van der Waals surface area contributed by atoms with Crippen LogP contribution in [0.1, 0.15) is 23.7 Å². The first-order valence-corrected chi connectivity index (χ1v) is 9.86. The van der Waals surface area contributed by atoms with Gasteiger partial charge in [-0.2, -0.15) is 0 Å². The number of nitrogens with two attached hydrogens (primary N) is 1. The van der Waals surface area contributed by atoms with E-state index in [2.05, 4.69) is 25.5 Å². The first-order valence-electron chi connectivity index (χ1n) is 9.86. The minimum atomic E-state index is -0.343. The highest BCUT2D eigenvalue weighted by atomic mass is 16.5. The van der Waals surface area contributed by atoms with Gasteiger partial charge in [0.25, 0.3) is 0 Å². The Kier molecular flexibility index (Phi) is 7.60. The third-order valence-corrected chi connectivity index (χ3v) is 4.59. The molecule has 1 aromatic carbocycles. The fraction of sp³-hybridized carbons (Fsp3) is 0.450. The lowest BCUT2D eigenvalue weighted by Crippen LogP contribution is -2.37. The summed E-state index contributed by atoms with van der Waals surface area (Å²) in [6.07, 6.45) is 2.46. The lowest BCUT2D eigenvalue weighted by molar-refractivity contribution is 0.0378. The van der Waals surface area contributed by atoms with Crippen LogP contribution in [0.2, 0.25) is 0 Å². The molecule has 9 nitrogen and oxygen atoms in total. The monoisotopic (exact) mass is 400 g/mol. The van der Waals surface area contributed by atoms with Crippen LogP contribution >= 0.6 is 0 Å². The Morgan fingerprint density at radius 3 is 2.66 bits per heavy atom. The van der Waals surface area contributed by atoms with Crippen molar-refractivity contribution in [2.75, 3.05) is 62.4 Å². The summed E-state index contributed by atoms with van der Waals surface area (Å²) in [5.41, 5.74) is 7.94. The molecule has 3 rings (SSSR count). The van der Waals surface area contributed by atoms with Crippen molar-refractivity contribution in [3.63, 3.8) is 0 Å². The number of nitrogens with zero attached hydrogens (tertiary/aromatic N) is 3. The number of nitrogen functional groups attached to an aromatic ring is 1. The average Bonchev–Trinajstić information content (AvgIpc) is 2.75. The van der Waals surface area contributed by atoms with Gasteiger partial charge >= 0.3 is 5.97 Å². The van der Waals surface area contributed by atoms with E-state index >= 15 is 0 Å². The number of rotatable bonds is 9. The molecule has 1 aromatic heterocycles. The molecule has 1 aliphatic rings. The Balaban J connectivity index is 1.53. The molecule has 0 spiro atoms. The molecule has 2 heterocycles. The summed E-state index contributed by atoms with van der Waals surface area (Å²) in [6, 6.07) is 6.96. The Bertz CT molecular complexity index is 793. The van der Waals surface area contributed by atoms with Gasteiger partial charge in [-0.15, -0.1) is 0 Å². The van der Waals surface area contributed by atoms with Crippen LogP contribution in [0, 0.1) is 0 Å². The van der Waals surface area contributed by atoms with Crippen molar-refractivity contribution in [2.45, 2.75) is 13.3 Å². The van der Waals surface area contributed by atoms with Crippen molar-refractivity contribution >= 4 is 29.0 Å². The molecule has 2 aromatic rings. The number of aromatic nitrogens is 2. The molecule has 0 unspecified atom stereocenters. The Morgan fingerprint density at radius 1 is 1.21 bits per heavy atom. The molecule has 4 N–H and O–H groups in total. The lowest BCUT2D eigenvalue weighted by Gasteiger charge is -2.26. The number of carbonyl (C=O) groups is 1. The third-order valence-electron chi connectivity index (χ3n) is 4.59. The van der Waals surface area contributed by atoms with Gasteiger partial charge in [0.1, 0.15) is 12.0 Å². The summed E-state index contributed by atoms with van der Waals surface area (Å²) in [7, 11) is 0. The molecule has 1 fully saturated rings. The standard InChI is InChI=1S/C20H28N6O3/c1-2-29-20(27)15-4-6-16(7-5-15)25-19-17(21)18(23-14-24-19)22-8-3-9-26-10-12-28-13-11-26/h4-7,14H,2-3,8-13,21H2,1H3,(H2,22,23,24,25). The molecule has 1 aliphatic heterocycles. The van der Waals surface area contributed by atoms with Crippen molar-refractivity contribution in [1.82, 2.24) is 14.9 Å². The number of carbonyl (C=O) groups excluding carboxylic acids is 1. The van der Waals surface area contributed by atoms with Crippen molar-refractivity contribution in [3.8, 4) is 0 Å². The summed E-state index contributed by atoms with van der Waals surface area (Å²) >= 11 is 0. The smallest absolute Gasteiger partial charge is 0.338 e. The van der Waals surface area contributed by atoms with Crippen LogP contribution in [0.4, 0.5) is 23.0 Å². The molecule has 0 saturated carbocycles. The first kappa shape index (κ1) is 20.8. The summed E-state index contributed by atoms with van der Waals surface area (Å²) in [5, 5.41) is 6.44. The van der Waals surface area contributed by atoms with Gasteiger partial charge in [-0.05, 0) is 44.2 Å². The average molecular weight is 400 g/mol. The van der Waals surface area contributed by atoms with Crippen LogP contribution in [-0.2, 0) is 9.47 Å². The summed E-state index contributed by atoms with van der Waals surface area (Å²) in [4.78, 5) is 22.6. The van der Waals surface area contributed by atoms with Crippen molar-refractivity contribution in [1.29, 1.82) is 0 Å². The van der Waals surface area contributed by atoms with Crippen LogP contribution in [0.25, 0.3) is 0 Å². The topological polar surface area (TPSA) is 115 Å². The molecule has 0 atom stereocenters. The van der Waals surface area contributed by atoms with Gasteiger partial charge in [-0.3, -0.25) is 4.90 Å². The number of nitrogens with one attached hydrogen (secondary N) is 2. The second-order valence-corrected chi connectivity index (χ2v) is 6.64. The van der Waals surface area contributed by atoms with Gasteiger partial charge in [-0.25, -0.2) is 14.8 Å². The Labute approximate surface area is 170 Å². The molecular weight excluding hydrogens is 372 g/mol. The van der Waals surface area contributed by atoms with Crippen molar-refractivity contribution in [2.24, 2.45) is 0 Å². The molecule has 1 saturated heterocycles. The van der Waals surface area contributed by atoms with E-state index in [9.17, 15) is 4.79 Å². The SMILES string of the molecule is CCOC(=O)c1ccc(Nc2ncnc(NCCCN3CCOCC3)c2N)cc1. The van der Waals surface area contributed by atoms with Gasteiger partial charge in [-0.1, -0.05) is 0 Å². The molecule has 156 valence electrons. The first-order chi connectivity index (χ1) is 14.2. The zero-order chi connectivity index (χ0) is 20.5. The van der Waals surface area contributed by atoms with Crippen LogP contribution in [0.3, 0.4) is 0 Å². The van der Waals surface area contributed by atoms with E-state index in [-0.39, 0.29) is 5.97 Å². The largest absolute Gasteiger partial charge is 0.462 e. The van der Waals surface area contributed by atoms with Gasteiger partial charge in [0.05, 0.1) is 25.4 Å². The summed E-state index contributed by atoms with van der Waals surface area (Å²) < 4.78 is 10.4. The number of morpholine rings is 1. The zero-order valence-corrected chi connectivity index (χ0v) is 16.7. The van der Waals surface area contributed by atoms with Gasteiger partial charge in [0.2, 0.25) is 0 Å².